The fourth-order valence-corrected chi connectivity index (χ4v) is 2.38. The minimum absolute atomic E-state index is 0.105. The fraction of sp³-hybridized carbons (Fsp3) is 0.538. The van der Waals surface area contributed by atoms with E-state index in [1.807, 2.05) is 6.07 Å². The van der Waals surface area contributed by atoms with Crippen LogP contribution in [0.1, 0.15) is 32.3 Å². The zero-order chi connectivity index (χ0) is 12.1. The smallest absolute Gasteiger partial charge is 0.124 e. The van der Waals surface area contributed by atoms with Gasteiger partial charge in [-0.15, -0.1) is 0 Å². The molecule has 0 aliphatic heterocycles. The summed E-state index contributed by atoms with van der Waals surface area (Å²) in [4.78, 5) is 0. The topological polar surface area (TPSA) is 26.0 Å². The van der Waals surface area contributed by atoms with Crippen molar-refractivity contribution >= 4 is 15.9 Å². The van der Waals surface area contributed by atoms with E-state index in [4.69, 9.17) is 5.73 Å². The van der Waals surface area contributed by atoms with Crippen LogP contribution < -0.4 is 5.73 Å². The van der Waals surface area contributed by atoms with E-state index < -0.39 is 0 Å². The lowest BCUT2D eigenvalue weighted by Gasteiger charge is -2.19. The van der Waals surface area contributed by atoms with Crippen LogP contribution >= 0.6 is 15.9 Å². The first-order chi connectivity index (χ1) is 7.52. The normalized spacial score (nSPS) is 14.8. The van der Waals surface area contributed by atoms with Crippen LogP contribution in [0.2, 0.25) is 0 Å². The molecule has 0 saturated heterocycles. The third-order valence-electron chi connectivity index (χ3n) is 2.87. The van der Waals surface area contributed by atoms with Crippen molar-refractivity contribution in [2.45, 2.75) is 39.2 Å². The molecule has 1 rings (SSSR count). The molecular weight excluding hydrogens is 269 g/mol. The van der Waals surface area contributed by atoms with Crippen molar-refractivity contribution in [1.29, 1.82) is 0 Å². The predicted molar refractivity (Wildman–Crippen MR) is 69.9 cm³/mol. The van der Waals surface area contributed by atoms with Crippen molar-refractivity contribution in [3.05, 3.63) is 34.1 Å². The van der Waals surface area contributed by atoms with E-state index in [9.17, 15) is 4.39 Å². The summed E-state index contributed by atoms with van der Waals surface area (Å²) >= 11 is 3.29. The molecule has 2 unspecified atom stereocenters. The maximum atomic E-state index is 13.2. The van der Waals surface area contributed by atoms with E-state index in [1.54, 1.807) is 6.07 Å². The third kappa shape index (κ3) is 4.22. The second kappa shape index (κ2) is 6.36. The summed E-state index contributed by atoms with van der Waals surface area (Å²) in [5.41, 5.74) is 7.06. The van der Waals surface area contributed by atoms with Gasteiger partial charge in [0.1, 0.15) is 5.82 Å². The first-order valence-corrected chi connectivity index (χ1v) is 6.52. The lowest BCUT2D eigenvalue weighted by Crippen LogP contribution is -2.30. The van der Waals surface area contributed by atoms with E-state index in [0.29, 0.717) is 5.92 Å². The summed E-state index contributed by atoms with van der Waals surface area (Å²) in [5.74, 6) is 0.270. The van der Waals surface area contributed by atoms with E-state index in [1.165, 1.54) is 6.07 Å². The summed E-state index contributed by atoms with van der Waals surface area (Å²) < 4.78 is 13.9. The Bertz CT molecular complexity index is 320. The van der Waals surface area contributed by atoms with Crippen molar-refractivity contribution in [3.8, 4) is 0 Å². The molecule has 0 aliphatic rings. The number of halogens is 2. The van der Waals surface area contributed by atoms with Crippen molar-refractivity contribution in [1.82, 2.24) is 0 Å². The van der Waals surface area contributed by atoms with Gasteiger partial charge in [0, 0.05) is 10.5 Å². The molecule has 3 heteroatoms. The second-order valence-corrected chi connectivity index (χ2v) is 5.33. The quantitative estimate of drug-likeness (QED) is 0.874. The lowest BCUT2D eigenvalue weighted by molar-refractivity contribution is 0.419. The molecule has 0 saturated carbocycles. The van der Waals surface area contributed by atoms with Crippen LogP contribution in [0.3, 0.4) is 0 Å². The maximum absolute atomic E-state index is 13.2. The molecule has 0 heterocycles. The van der Waals surface area contributed by atoms with Gasteiger partial charge in [-0.1, -0.05) is 36.2 Å². The van der Waals surface area contributed by atoms with Gasteiger partial charge in [-0.05, 0) is 42.5 Å². The molecule has 1 nitrogen and oxygen atoms in total. The van der Waals surface area contributed by atoms with Gasteiger partial charge in [0.2, 0.25) is 0 Å². The molecule has 0 fully saturated rings. The molecule has 0 spiro atoms. The standard InChI is InChI=1S/C13H19BrFN/c1-3-4-9(2)13(16)7-10-5-11(14)8-12(15)6-10/h5-6,8-9,13H,3-4,7,16H2,1-2H3. The fourth-order valence-electron chi connectivity index (χ4n) is 1.87. The Morgan fingerprint density at radius 3 is 2.62 bits per heavy atom. The van der Waals surface area contributed by atoms with E-state index in [2.05, 4.69) is 29.8 Å². The second-order valence-electron chi connectivity index (χ2n) is 4.41. The molecule has 16 heavy (non-hydrogen) atoms. The Labute approximate surface area is 105 Å². The molecule has 0 bridgehead atoms. The van der Waals surface area contributed by atoms with Gasteiger partial charge < -0.3 is 5.73 Å². The van der Waals surface area contributed by atoms with Crippen LogP contribution in [0.5, 0.6) is 0 Å². The van der Waals surface area contributed by atoms with Crippen molar-refractivity contribution in [3.63, 3.8) is 0 Å². The molecule has 0 aromatic heterocycles. The maximum Gasteiger partial charge on any atom is 0.124 e. The minimum Gasteiger partial charge on any atom is -0.327 e. The van der Waals surface area contributed by atoms with Gasteiger partial charge in [-0.3, -0.25) is 0 Å². The number of nitrogens with two attached hydrogens (primary N) is 1. The summed E-state index contributed by atoms with van der Waals surface area (Å²) in [7, 11) is 0. The van der Waals surface area contributed by atoms with Crippen molar-refractivity contribution in [2.24, 2.45) is 11.7 Å². The highest BCUT2D eigenvalue weighted by Crippen LogP contribution is 2.18. The first-order valence-electron chi connectivity index (χ1n) is 5.73. The van der Waals surface area contributed by atoms with Gasteiger partial charge in [0.15, 0.2) is 0 Å². The highest BCUT2D eigenvalue weighted by atomic mass is 79.9. The molecule has 1 aromatic rings. The number of benzene rings is 1. The SMILES string of the molecule is CCCC(C)C(N)Cc1cc(F)cc(Br)c1. The average Bonchev–Trinajstić information content (AvgIpc) is 2.16. The molecule has 0 amide bonds. The van der Waals surface area contributed by atoms with E-state index in [-0.39, 0.29) is 11.9 Å². The van der Waals surface area contributed by atoms with Crippen LogP contribution in [0.25, 0.3) is 0 Å². The molecular formula is C13H19BrFN. The lowest BCUT2D eigenvalue weighted by atomic mass is 9.92. The summed E-state index contributed by atoms with van der Waals surface area (Å²) in [5, 5.41) is 0. The average molecular weight is 288 g/mol. The Balaban J connectivity index is 2.65. The minimum atomic E-state index is -0.209. The Hall–Kier alpha value is -0.410. The van der Waals surface area contributed by atoms with Gasteiger partial charge >= 0.3 is 0 Å². The zero-order valence-corrected chi connectivity index (χ0v) is 11.4. The first kappa shape index (κ1) is 13.7. The molecule has 0 aliphatic carbocycles. The zero-order valence-electron chi connectivity index (χ0n) is 9.84. The van der Waals surface area contributed by atoms with E-state index >= 15 is 0 Å². The van der Waals surface area contributed by atoms with Crippen LogP contribution in [-0.2, 0) is 6.42 Å². The third-order valence-corrected chi connectivity index (χ3v) is 3.33. The Kier molecular flexibility index (Phi) is 5.42. The van der Waals surface area contributed by atoms with Gasteiger partial charge in [0.05, 0.1) is 0 Å². The van der Waals surface area contributed by atoms with Crippen LogP contribution in [0.4, 0.5) is 4.39 Å². The van der Waals surface area contributed by atoms with Crippen LogP contribution in [-0.4, -0.2) is 6.04 Å². The molecule has 2 atom stereocenters. The monoisotopic (exact) mass is 287 g/mol. The number of rotatable bonds is 5. The Morgan fingerprint density at radius 1 is 1.38 bits per heavy atom. The Morgan fingerprint density at radius 2 is 2.06 bits per heavy atom. The molecule has 2 N–H and O–H groups in total. The van der Waals surface area contributed by atoms with E-state index in [0.717, 1.165) is 29.3 Å². The summed E-state index contributed by atoms with van der Waals surface area (Å²) in [6, 6.07) is 5.06. The summed E-state index contributed by atoms with van der Waals surface area (Å²) in [6.45, 7) is 4.31. The molecule has 90 valence electrons. The number of hydrogen-bond donors (Lipinski definition) is 1. The van der Waals surface area contributed by atoms with Gasteiger partial charge in [-0.2, -0.15) is 0 Å². The largest absolute Gasteiger partial charge is 0.327 e. The van der Waals surface area contributed by atoms with Crippen LogP contribution in [0.15, 0.2) is 22.7 Å². The molecule has 0 radical (unpaired) electrons. The predicted octanol–water partition coefficient (Wildman–Crippen LogP) is 3.89. The van der Waals surface area contributed by atoms with Crippen LogP contribution in [0, 0.1) is 11.7 Å². The van der Waals surface area contributed by atoms with Gasteiger partial charge in [-0.25, -0.2) is 4.39 Å². The van der Waals surface area contributed by atoms with Crippen molar-refractivity contribution in [2.75, 3.05) is 0 Å². The molecule has 1 aromatic carbocycles. The highest BCUT2D eigenvalue weighted by molar-refractivity contribution is 9.10. The van der Waals surface area contributed by atoms with Crippen molar-refractivity contribution < 1.29 is 4.39 Å². The van der Waals surface area contributed by atoms with Gasteiger partial charge in [0.25, 0.3) is 0 Å². The summed E-state index contributed by atoms with van der Waals surface area (Å²) in [6.07, 6.45) is 3.00. The highest BCUT2D eigenvalue weighted by Gasteiger charge is 2.13. The number of hydrogen-bond acceptors (Lipinski definition) is 1.